The molecule has 0 aliphatic rings. The Labute approximate surface area is 129 Å². The summed E-state index contributed by atoms with van der Waals surface area (Å²) in [5.41, 5.74) is 5.60. The Balaban J connectivity index is 2.99. The molecule has 0 aliphatic heterocycles. The standard InChI is InChI=1S/C19H30O2/c1-6-14-11-15(7-2)17(16(8-3)12-14)9-10-19(4,5)13-18(20)21/h11-12H,6-10,13H2,1-5H3,(H,20,21). The van der Waals surface area contributed by atoms with Gasteiger partial charge in [0.1, 0.15) is 0 Å². The Hall–Kier alpha value is -1.31. The molecule has 0 radical (unpaired) electrons. The Kier molecular flexibility index (Phi) is 6.44. The number of carbonyl (C=O) groups is 1. The molecule has 0 aliphatic carbocycles. The van der Waals surface area contributed by atoms with Crippen molar-refractivity contribution in [2.45, 2.75) is 73.1 Å². The second kappa shape index (κ2) is 7.63. The van der Waals surface area contributed by atoms with Crippen LogP contribution in [0.1, 0.15) is 69.7 Å². The predicted octanol–water partition coefficient (Wildman–Crippen LogP) is 4.81. The molecule has 0 atom stereocenters. The van der Waals surface area contributed by atoms with Gasteiger partial charge in [0.15, 0.2) is 0 Å². The maximum absolute atomic E-state index is 11.0. The van der Waals surface area contributed by atoms with Crippen molar-refractivity contribution in [1.29, 1.82) is 0 Å². The largest absolute Gasteiger partial charge is 0.481 e. The van der Waals surface area contributed by atoms with Crippen molar-refractivity contribution in [3.63, 3.8) is 0 Å². The zero-order valence-corrected chi connectivity index (χ0v) is 14.3. The first kappa shape index (κ1) is 17.7. The fourth-order valence-electron chi connectivity index (χ4n) is 2.99. The first-order valence-corrected chi connectivity index (χ1v) is 8.18. The summed E-state index contributed by atoms with van der Waals surface area (Å²) in [4.78, 5) is 11.0. The van der Waals surface area contributed by atoms with Crippen LogP contribution in [0.4, 0.5) is 0 Å². The highest BCUT2D eigenvalue weighted by atomic mass is 16.4. The number of aliphatic carboxylic acids is 1. The number of aryl methyl sites for hydroxylation is 3. The van der Waals surface area contributed by atoms with E-state index < -0.39 is 5.97 Å². The maximum atomic E-state index is 11.0. The lowest BCUT2D eigenvalue weighted by molar-refractivity contribution is -0.139. The molecule has 0 aromatic heterocycles. The highest BCUT2D eigenvalue weighted by molar-refractivity contribution is 5.67. The molecule has 0 saturated heterocycles. The lowest BCUT2D eigenvalue weighted by Crippen LogP contribution is -2.18. The Morgan fingerprint density at radius 2 is 1.57 bits per heavy atom. The highest BCUT2D eigenvalue weighted by Gasteiger charge is 2.22. The Morgan fingerprint density at radius 3 is 1.95 bits per heavy atom. The number of hydrogen-bond donors (Lipinski definition) is 1. The van der Waals surface area contributed by atoms with E-state index in [-0.39, 0.29) is 11.8 Å². The smallest absolute Gasteiger partial charge is 0.303 e. The summed E-state index contributed by atoms with van der Waals surface area (Å²) in [7, 11) is 0. The van der Waals surface area contributed by atoms with E-state index in [2.05, 4.69) is 46.8 Å². The lowest BCUT2D eigenvalue weighted by Gasteiger charge is -2.24. The van der Waals surface area contributed by atoms with Gasteiger partial charge in [-0.3, -0.25) is 4.79 Å². The van der Waals surface area contributed by atoms with E-state index in [0.717, 1.165) is 32.1 Å². The van der Waals surface area contributed by atoms with E-state index >= 15 is 0 Å². The van der Waals surface area contributed by atoms with Crippen molar-refractivity contribution < 1.29 is 9.90 Å². The van der Waals surface area contributed by atoms with E-state index in [1.54, 1.807) is 0 Å². The molecular formula is C19H30O2. The minimum atomic E-state index is -0.701. The Morgan fingerprint density at radius 1 is 1.05 bits per heavy atom. The fourth-order valence-corrected chi connectivity index (χ4v) is 2.99. The topological polar surface area (TPSA) is 37.3 Å². The zero-order valence-electron chi connectivity index (χ0n) is 14.3. The van der Waals surface area contributed by atoms with Crippen molar-refractivity contribution in [2.75, 3.05) is 0 Å². The first-order valence-electron chi connectivity index (χ1n) is 8.18. The van der Waals surface area contributed by atoms with Crippen molar-refractivity contribution in [1.82, 2.24) is 0 Å². The number of rotatable bonds is 8. The zero-order chi connectivity index (χ0) is 16.0. The van der Waals surface area contributed by atoms with Crippen LogP contribution in [0.2, 0.25) is 0 Å². The van der Waals surface area contributed by atoms with Crippen LogP contribution >= 0.6 is 0 Å². The van der Waals surface area contributed by atoms with Gasteiger partial charge in [-0.1, -0.05) is 46.8 Å². The van der Waals surface area contributed by atoms with Crippen molar-refractivity contribution >= 4 is 5.97 Å². The van der Waals surface area contributed by atoms with E-state index in [1.807, 2.05) is 0 Å². The number of hydrogen-bond acceptors (Lipinski definition) is 1. The van der Waals surface area contributed by atoms with Crippen molar-refractivity contribution in [3.05, 3.63) is 34.4 Å². The van der Waals surface area contributed by atoms with Gasteiger partial charge in [-0.2, -0.15) is 0 Å². The maximum Gasteiger partial charge on any atom is 0.303 e. The van der Waals surface area contributed by atoms with E-state index in [1.165, 1.54) is 22.3 Å². The molecule has 0 heterocycles. The van der Waals surface area contributed by atoms with Crippen molar-refractivity contribution in [2.24, 2.45) is 5.41 Å². The van der Waals surface area contributed by atoms with Gasteiger partial charge in [-0.25, -0.2) is 0 Å². The van der Waals surface area contributed by atoms with Crippen molar-refractivity contribution in [3.8, 4) is 0 Å². The summed E-state index contributed by atoms with van der Waals surface area (Å²) in [6.45, 7) is 10.7. The average Bonchev–Trinajstić information content (AvgIpc) is 2.42. The minimum absolute atomic E-state index is 0.148. The molecule has 1 rings (SSSR count). The molecule has 0 bridgehead atoms. The van der Waals surface area contributed by atoms with Crippen LogP contribution in [-0.2, 0) is 30.5 Å². The summed E-state index contributed by atoms with van der Waals surface area (Å²) in [5, 5.41) is 9.02. The summed E-state index contributed by atoms with van der Waals surface area (Å²) in [6, 6.07) is 4.66. The normalized spacial score (nSPS) is 11.7. The molecular weight excluding hydrogens is 260 g/mol. The van der Waals surface area contributed by atoms with Crippen LogP contribution < -0.4 is 0 Å². The van der Waals surface area contributed by atoms with Crippen LogP contribution in [-0.4, -0.2) is 11.1 Å². The van der Waals surface area contributed by atoms with E-state index in [4.69, 9.17) is 5.11 Å². The lowest BCUT2D eigenvalue weighted by atomic mass is 9.81. The molecule has 1 aromatic rings. The van der Waals surface area contributed by atoms with Gasteiger partial charge in [0.05, 0.1) is 6.42 Å². The van der Waals surface area contributed by atoms with Gasteiger partial charge in [0.25, 0.3) is 0 Å². The molecule has 1 aromatic carbocycles. The third kappa shape index (κ3) is 5.18. The molecule has 2 nitrogen and oxygen atoms in total. The quantitative estimate of drug-likeness (QED) is 0.746. The van der Waals surface area contributed by atoms with Crippen LogP contribution in [0, 0.1) is 5.41 Å². The van der Waals surface area contributed by atoms with Gasteiger partial charge in [-0.05, 0) is 59.8 Å². The molecule has 118 valence electrons. The van der Waals surface area contributed by atoms with E-state index in [9.17, 15) is 4.79 Å². The van der Waals surface area contributed by atoms with Crippen LogP contribution in [0.3, 0.4) is 0 Å². The summed E-state index contributed by atoms with van der Waals surface area (Å²) in [5.74, 6) is -0.701. The molecule has 0 spiro atoms. The van der Waals surface area contributed by atoms with Gasteiger partial charge in [-0.15, -0.1) is 0 Å². The van der Waals surface area contributed by atoms with Gasteiger partial charge >= 0.3 is 5.97 Å². The van der Waals surface area contributed by atoms with Gasteiger partial charge in [0, 0.05) is 0 Å². The monoisotopic (exact) mass is 290 g/mol. The van der Waals surface area contributed by atoms with Gasteiger partial charge < -0.3 is 5.11 Å². The van der Waals surface area contributed by atoms with Crippen LogP contribution in [0.15, 0.2) is 12.1 Å². The second-order valence-electron chi connectivity index (χ2n) is 6.69. The first-order chi connectivity index (χ1) is 9.82. The molecule has 1 N–H and O–H groups in total. The predicted molar refractivity (Wildman–Crippen MR) is 88.9 cm³/mol. The molecule has 0 amide bonds. The van der Waals surface area contributed by atoms with Crippen LogP contribution in [0.25, 0.3) is 0 Å². The Bertz CT molecular complexity index is 461. The fraction of sp³-hybridized carbons (Fsp3) is 0.632. The third-order valence-corrected chi connectivity index (χ3v) is 4.35. The summed E-state index contributed by atoms with van der Waals surface area (Å²) in [6.07, 6.45) is 5.32. The molecule has 21 heavy (non-hydrogen) atoms. The molecule has 2 heteroatoms. The number of carboxylic acids is 1. The molecule has 0 saturated carbocycles. The molecule has 0 unspecified atom stereocenters. The van der Waals surface area contributed by atoms with E-state index in [0.29, 0.717) is 0 Å². The summed E-state index contributed by atoms with van der Waals surface area (Å²) < 4.78 is 0. The van der Waals surface area contributed by atoms with Gasteiger partial charge in [0.2, 0.25) is 0 Å². The highest BCUT2D eigenvalue weighted by Crippen LogP contribution is 2.30. The third-order valence-electron chi connectivity index (χ3n) is 4.35. The molecule has 0 fully saturated rings. The number of carboxylic acid groups (broad SMARTS) is 1. The minimum Gasteiger partial charge on any atom is -0.481 e. The van der Waals surface area contributed by atoms with Crippen LogP contribution in [0.5, 0.6) is 0 Å². The SMILES string of the molecule is CCc1cc(CC)c(CCC(C)(C)CC(=O)O)c(CC)c1. The number of benzene rings is 1. The summed E-state index contributed by atoms with van der Waals surface area (Å²) >= 11 is 0. The second-order valence-corrected chi connectivity index (χ2v) is 6.69. The average molecular weight is 290 g/mol.